The van der Waals surface area contributed by atoms with Crippen molar-refractivity contribution in [2.24, 2.45) is 5.14 Å². The fourth-order valence-corrected chi connectivity index (χ4v) is 3.69. The van der Waals surface area contributed by atoms with E-state index in [1.54, 1.807) is 11.0 Å². The fourth-order valence-electron chi connectivity index (χ4n) is 3.38. The van der Waals surface area contributed by atoms with E-state index < -0.39 is 11.8 Å². The molecule has 1 aliphatic heterocycles. The van der Waals surface area contributed by atoms with E-state index in [1.807, 2.05) is 19.1 Å². The molecule has 0 unspecified atom stereocenters. The number of rotatable bonds is 11. The van der Waals surface area contributed by atoms with Gasteiger partial charge in [0.05, 0.1) is 5.70 Å². The number of hydrogen-bond acceptors (Lipinski definition) is 5. The summed E-state index contributed by atoms with van der Waals surface area (Å²) in [4.78, 5) is 25.1. The first-order valence-electron chi connectivity index (χ1n) is 10.2. The van der Waals surface area contributed by atoms with Gasteiger partial charge in [-0.15, -0.1) is 0 Å². The average molecular weight is 449 g/mol. The Hall–Kier alpha value is -2.58. The van der Waals surface area contributed by atoms with Crippen LogP contribution in [0.2, 0.25) is 0 Å². The molecular formula is C23H29FN2O4S. The number of nitrogens with zero attached hydrogens (tertiary/aromatic N) is 1. The van der Waals surface area contributed by atoms with Gasteiger partial charge < -0.3 is 14.7 Å². The summed E-state index contributed by atoms with van der Waals surface area (Å²) in [6.07, 6.45) is 5.54. The molecule has 2 rings (SSSR count). The van der Waals surface area contributed by atoms with Crippen LogP contribution < -0.4 is 9.88 Å². The second-order valence-electron chi connectivity index (χ2n) is 7.18. The minimum absolute atomic E-state index is 0.0264. The highest BCUT2D eigenvalue weighted by Gasteiger charge is 2.28. The zero-order chi connectivity index (χ0) is 22.8. The Balaban J connectivity index is 2.16. The number of ether oxygens (including phenoxy) is 1. The number of amides is 1. The molecule has 0 atom stereocenters. The van der Waals surface area contributed by atoms with Crippen LogP contribution in [0, 0.1) is 5.82 Å². The predicted octanol–water partition coefficient (Wildman–Crippen LogP) is 4.23. The van der Waals surface area contributed by atoms with Gasteiger partial charge in [0.1, 0.15) is 18.2 Å². The van der Waals surface area contributed by atoms with Crippen LogP contribution in [0.4, 0.5) is 4.39 Å². The molecule has 31 heavy (non-hydrogen) atoms. The normalized spacial score (nSPS) is 15.6. The SMILES string of the molecule is C=C1CCN(C(=O)CCCSN)/C1=C(/C=C\C)COc1ccc(CCC(=O)O)c(F)c1. The number of carboxylic acids is 1. The molecule has 8 heteroatoms. The lowest BCUT2D eigenvalue weighted by atomic mass is 10.1. The van der Waals surface area contributed by atoms with E-state index in [1.165, 1.54) is 24.1 Å². The summed E-state index contributed by atoms with van der Waals surface area (Å²) in [5, 5.41) is 14.2. The summed E-state index contributed by atoms with van der Waals surface area (Å²) < 4.78 is 20.1. The van der Waals surface area contributed by atoms with Crippen LogP contribution in [0.1, 0.15) is 38.2 Å². The van der Waals surface area contributed by atoms with Crippen molar-refractivity contribution in [1.82, 2.24) is 4.90 Å². The highest BCUT2D eigenvalue weighted by molar-refractivity contribution is 7.97. The number of allylic oxidation sites excluding steroid dienone is 2. The fraction of sp³-hybridized carbons (Fsp3) is 0.391. The topological polar surface area (TPSA) is 92.9 Å². The minimum atomic E-state index is -0.972. The number of nitrogens with two attached hydrogens (primary N) is 1. The number of carbonyl (C=O) groups excluding carboxylic acids is 1. The molecule has 0 aromatic heterocycles. The van der Waals surface area contributed by atoms with Gasteiger partial charge in [0.2, 0.25) is 5.91 Å². The number of halogens is 1. The Morgan fingerprint density at radius 3 is 2.81 bits per heavy atom. The Kier molecular flexibility index (Phi) is 9.81. The number of likely N-dealkylation sites (tertiary alicyclic amines) is 1. The molecule has 1 fully saturated rings. The molecule has 1 aromatic carbocycles. The third-order valence-corrected chi connectivity index (χ3v) is 5.42. The van der Waals surface area contributed by atoms with Crippen molar-refractivity contribution < 1.29 is 23.8 Å². The lowest BCUT2D eigenvalue weighted by molar-refractivity contribution is -0.137. The van der Waals surface area contributed by atoms with Crippen LogP contribution in [-0.2, 0) is 16.0 Å². The standard InChI is InChI=1S/C23H29FN2O4S/c1-3-5-18(23-16(2)11-12-26(23)21(27)6-4-13-31-25)15-30-19-9-7-17(20(24)14-19)8-10-22(28)29/h3,5,7,9,14H,2,4,6,8,10-13,15,25H2,1H3,(H,28,29)/b5-3-,23-18-. The third kappa shape index (κ3) is 7.25. The van der Waals surface area contributed by atoms with Crippen molar-refractivity contribution >= 4 is 23.8 Å². The Morgan fingerprint density at radius 2 is 2.16 bits per heavy atom. The molecule has 0 bridgehead atoms. The van der Waals surface area contributed by atoms with E-state index in [9.17, 15) is 14.0 Å². The first-order chi connectivity index (χ1) is 14.9. The summed E-state index contributed by atoms with van der Waals surface area (Å²) in [5.41, 5.74) is 2.76. The predicted molar refractivity (Wildman–Crippen MR) is 121 cm³/mol. The van der Waals surface area contributed by atoms with Crippen molar-refractivity contribution in [2.75, 3.05) is 18.9 Å². The molecule has 1 aromatic rings. The van der Waals surface area contributed by atoms with E-state index in [-0.39, 0.29) is 25.4 Å². The average Bonchev–Trinajstić information content (AvgIpc) is 3.11. The molecule has 168 valence electrons. The molecule has 0 spiro atoms. The highest BCUT2D eigenvalue weighted by atomic mass is 32.2. The van der Waals surface area contributed by atoms with Crippen LogP contribution in [0.25, 0.3) is 0 Å². The monoisotopic (exact) mass is 448 g/mol. The van der Waals surface area contributed by atoms with Gasteiger partial charge in [-0.05, 0) is 43.4 Å². The minimum Gasteiger partial charge on any atom is -0.489 e. The van der Waals surface area contributed by atoms with Gasteiger partial charge in [0.15, 0.2) is 0 Å². The van der Waals surface area contributed by atoms with Crippen molar-refractivity contribution in [3.05, 3.63) is 65.2 Å². The molecule has 3 N–H and O–H groups in total. The number of benzene rings is 1. The van der Waals surface area contributed by atoms with Crippen LogP contribution >= 0.6 is 11.9 Å². The van der Waals surface area contributed by atoms with Gasteiger partial charge in [0.25, 0.3) is 0 Å². The van der Waals surface area contributed by atoms with E-state index in [0.29, 0.717) is 37.1 Å². The first-order valence-corrected chi connectivity index (χ1v) is 11.2. The maximum atomic E-state index is 14.3. The number of carboxylic acid groups (broad SMARTS) is 1. The van der Waals surface area contributed by atoms with E-state index in [0.717, 1.165) is 22.6 Å². The smallest absolute Gasteiger partial charge is 0.303 e. The number of carbonyl (C=O) groups is 2. The number of aliphatic carboxylic acids is 1. The summed E-state index contributed by atoms with van der Waals surface area (Å²) in [6, 6.07) is 4.41. The summed E-state index contributed by atoms with van der Waals surface area (Å²) in [7, 11) is 0. The molecular weight excluding hydrogens is 419 g/mol. The largest absolute Gasteiger partial charge is 0.489 e. The van der Waals surface area contributed by atoms with Gasteiger partial charge in [-0.2, -0.15) is 0 Å². The molecule has 0 saturated carbocycles. The van der Waals surface area contributed by atoms with Gasteiger partial charge in [-0.3, -0.25) is 14.7 Å². The molecule has 1 amide bonds. The molecule has 0 aliphatic carbocycles. The van der Waals surface area contributed by atoms with E-state index >= 15 is 0 Å². The summed E-state index contributed by atoms with van der Waals surface area (Å²) in [6.45, 7) is 6.71. The van der Waals surface area contributed by atoms with Gasteiger partial charge in [0, 0.05) is 36.8 Å². The molecule has 1 saturated heterocycles. The van der Waals surface area contributed by atoms with Crippen molar-refractivity contribution in [2.45, 2.75) is 39.0 Å². The summed E-state index contributed by atoms with van der Waals surface area (Å²) >= 11 is 1.22. The van der Waals surface area contributed by atoms with Crippen LogP contribution in [0.15, 0.2) is 53.8 Å². The van der Waals surface area contributed by atoms with Gasteiger partial charge in [-0.25, -0.2) is 4.39 Å². The Morgan fingerprint density at radius 1 is 1.39 bits per heavy atom. The number of hydrogen-bond donors (Lipinski definition) is 2. The maximum absolute atomic E-state index is 14.3. The quantitative estimate of drug-likeness (QED) is 0.389. The van der Waals surface area contributed by atoms with E-state index in [2.05, 4.69) is 6.58 Å². The Labute approximate surface area is 186 Å². The number of aryl methyl sites for hydroxylation is 1. The van der Waals surface area contributed by atoms with Crippen LogP contribution in [0.3, 0.4) is 0 Å². The Bertz CT molecular complexity index is 882. The van der Waals surface area contributed by atoms with Crippen molar-refractivity contribution in [3.63, 3.8) is 0 Å². The van der Waals surface area contributed by atoms with Gasteiger partial charge >= 0.3 is 5.97 Å². The first kappa shape index (κ1) is 24.7. The zero-order valence-electron chi connectivity index (χ0n) is 17.7. The van der Waals surface area contributed by atoms with Crippen LogP contribution in [0.5, 0.6) is 5.75 Å². The third-order valence-electron chi connectivity index (χ3n) is 4.89. The van der Waals surface area contributed by atoms with Crippen LogP contribution in [-0.4, -0.2) is 40.8 Å². The molecule has 6 nitrogen and oxygen atoms in total. The lowest BCUT2D eigenvalue weighted by Crippen LogP contribution is -2.28. The van der Waals surface area contributed by atoms with Gasteiger partial charge in [-0.1, -0.05) is 36.7 Å². The maximum Gasteiger partial charge on any atom is 0.303 e. The van der Waals surface area contributed by atoms with Crippen molar-refractivity contribution in [3.8, 4) is 5.75 Å². The summed E-state index contributed by atoms with van der Waals surface area (Å²) in [5.74, 6) is -0.392. The highest BCUT2D eigenvalue weighted by Crippen LogP contribution is 2.31. The van der Waals surface area contributed by atoms with Crippen molar-refractivity contribution in [1.29, 1.82) is 0 Å². The lowest BCUT2D eigenvalue weighted by Gasteiger charge is -2.21. The molecule has 1 heterocycles. The molecule has 1 aliphatic rings. The second kappa shape index (κ2) is 12.3. The zero-order valence-corrected chi connectivity index (χ0v) is 18.5. The van der Waals surface area contributed by atoms with E-state index in [4.69, 9.17) is 15.0 Å². The molecule has 0 radical (unpaired) electrons. The second-order valence-corrected chi connectivity index (χ2v) is 7.92.